The number of anilines is 2. The lowest BCUT2D eigenvalue weighted by Gasteiger charge is -2.28. The van der Waals surface area contributed by atoms with E-state index in [0.717, 1.165) is 16.7 Å². The molecule has 1 N–H and O–H groups in total. The number of nitrogens with zero attached hydrogens (tertiary/aromatic N) is 3. The standard InChI is InChI=1S/C20H22N4O3S/c1-14-4-8-18(9-5-14)24(28(26)27)19-10-17(7-6-15(19)2)20(25)21-11-16-12-22-23(3)13-16/h4-10,12-13H,11H2,1-3H3,(H,21,25)(H,26,27)/p-1. The molecule has 8 heteroatoms. The molecule has 1 amide bonds. The highest BCUT2D eigenvalue weighted by molar-refractivity contribution is 7.81. The van der Waals surface area contributed by atoms with E-state index >= 15 is 0 Å². The van der Waals surface area contributed by atoms with Crippen molar-refractivity contribution in [2.45, 2.75) is 20.4 Å². The van der Waals surface area contributed by atoms with E-state index in [-0.39, 0.29) is 5.91 Å². The van der Waals surface area contributed by atoms with Crippen molar-refractivity contribution in [3.8, 4) is 0 Å². The summed E-state index contributed by atoms with van der Waals surface area (Å²) >= 11 is -2.53. The molecule has 0 aliphatic heterocycles. The molecular formula is C20H21N4O3S-. The molecule has 0 fully saturated rings. The smallest absolute Gasteiger partial charge is 0.251 e. The van der Waals surface area contributed by atoms with Crippen LogP contribution < -0.4 is 9.62 Å². The zero-order valence-corrected chi connectivity index (χ0v) is 16.7. The van der Waals surface area contributed by atoms with E-state index in [1.165, 1.54) is 4.31 Å². The maximum absolute atomic E-state index is 12.6. The first-order valence-electron chi connectivity index (χ1n) is 8.67. The molecule has 2 aromatic carbocycles. The number of hydrogen-bond acceptors (Lipinski definition) is 4. The summed E-state index contributed by atoms with van der Waals surface area (Å²) in [6.07, 6.45) is 3.50. The van der Waals surface area contributed by atoms with Crippen molar-refractivity contribution < 1.29 is 13.6 Å². The van der Waals surface area contributed by atoms with Crippen molar-refractivity contribution in [2.24, 2.45) is 7.05 Å². The molecule has 0 spiro atoms. The van der Waals surface area contributed by atoms with Gasteiger partial charge in [0.05, 0.1) is 28.8 Å². The van der Waals surface area contributed by atoms with Crippen molar-refractivity contribution >= 4 is 28.5 Å². The Hall–Kier alpha value is -2.97. The number of amides is 1. The fourth-order valence-electron chi connectivity index (χ4n) is 2.80. The number of nitrogens with one attached hydrogen (secondary N) is 1. The van der Waals surface area contributed by atoms with Crippen LogP contribution in [0.4, 0.5) is 11.4 Å². The molecule has 146 valence electrons. The van der Waals surface area contributed by atoms with Crippen molar-refractivity contribution in [1.29, 1.82) is 0 Å². The molecule has 3 aromatic rings. The third kappa shape index (κ3) is 4.47. The number of carbonyl (C=O) groups excluding carboxylic acids is 1. The van der Waals surface area contributed by atoms with Gasteiger partial charge in [-0.1, -0.05) is 23.8 Å². The Kier molecular flexibility index (Phi) is 5.91. The van der Waals surface area contributed by atoms with E-state index in [4.69, 9.17) is 0 Å². The Morgan fingerprint density at radius 2 is 1.93 bits per heavy atom. The second kappa shape index (κ2) is 8.37. The minimum absolute atomic E-state index is 0.286. The van der Waals surface area contributed by atoms with Gasteiger partial charge in [-0.3, -0.25) is 18.0 Å². The molecule has 0 saturated carbocycles. The molecule has 3 rings (SSSR count). The maximum Gasteiger partial charge on any atom is 0.251 e. The van der Waals surface area contributed by atoms with Crippen LogP contribution in [-0.2, 0) is 24.9 Å². The van der Waals surface area contributed by atoms with Gasteiger partial charge in [0, 0.05) is 30.9 Å². The monoisotopic (exact) mass is 397 g/mol. The minimum atomic E-state index is -2.53. The zero-order chi connectivity index (χ0) is 20.3. The lowest BCUT2D eigenvalue weighted by molar-refractivity contribution is 0.0951. The van der Waals surface area contributed by atoms with Crippen LogP contribution in [0.25, 0.3) is 0 Å². The predicted molar refractivity (Wildman–Crippen MR) is 108 cm³/mol. The van der Waals surface area contributed by atoms with Crippen LogP contribution in [0.1, 0.15) is 27.0 Å². The normalized spacial score (nSPS) is 11.9. The van der Waals surface area contributed by atoms with Gasteiger partial charge in [-0.2, -0.15) is 5.10 Å². The van der Waals surface area contributed by atoms with E-state index in [1.807, 2.05) is 25.3 Å². The molecule has 1 atom stereocenters. The summed E-state index contributed by atoms with van der Waals surface area (Å²) in [7, 11) is 1.81. The number of aromatic nitrogens is 2. The first kappa shape index (κ1) is 19.8. The zero-order valence-electron chi connectivity index (χ0n) is 15.9. The molecular weight excluding hydrogens is 376 g/mol. The van der Waals surface area contributed by atoms with Gasteiger partial charge in [0.25, 0.3) is 5.91 Å². The molecule has 0 saturated heterocycles. The summed E-state index contributed by atoms with van der Waals surface area (Å²) in [4.78, 5) is 12.6. The Labute approximate surface area is 166 Å². The minimum Gasteiger partial charge on any atom is -0.755 e. The average Bonchev–Trinajstić information content (AvgIpc) is 3.08. The van der Waals surface area contributed by atoms with Gasteiger partial charge in [0.2, 0.25) is 0 Å². The van der Waals surface area contributed by atoms with Crippen LogP contribution in [0.2, 0.25) is 0 Å². The van der Waals surface area contributed by atoms with E-state index in [0.29, 0.717) is 23.5 Å². The first-order chi connectivity index (χ1) is 13.3. The molecule has 1 aromatic heterocycles. The van der Waals surface area contributed by atoms with Crippen molar-refractivity contribution in [3.63, 3.8) is 0 Å². The Morgan fingerprint density at radius 3 is 2.54 bits per heavy atom. The topological polar surface area (TPSA) is 90.3 Å². The predicted octanol–water partition coefficient (Wildman–Crippen LogP) is 2.90. The van der Waals surface area contributed by atoms with E-state index in [1.54, 1.807) is 55.2 Å². The second-order valence-electron chi connectivity index (χ2n) is 6.55. The molecule has 0 bridgehead atoms. The van der Waals surface area contributed by atoms with Gasteiger partial charge < -0.3 is 9.87 Å². The number of hydrogen-bond donors (Lipinski definition) is 1. The van der Waals surface area contributed by atoms with E-state index in [9.17, 15) is 13.6 Å². The van der Waals surface area contributed by atoms with Crippen molar-refractivity contribution in [1.82, 2.24) is 15.1 Å². The molecule has 0 aliphatic rings. The fourth-order valence-corrected chi connectivity index (χ4v) is 3.45. The Morgan fingerprint density at radius 1 is 1.21 bits per heavy atom. The molecule has 1 heterocycles. The number of carbonyl (C=O) groups is 1. The van der Waals surface area contributed by atoms with Crippen LogP contribution in [0.3, 0.4) is 0 Å². The maximum atomic E-state index is 12.6. The summed E-state index contributed by atoms with van der Waals surface area (Å²) in [6, 6.07) is 12.2. The second-order valence-corrected chi connectivity index (χ2v) is 7.35. The van der Waals surface area contributed by atoms with Gasteiger partial charge in [-0.05, 0) is 43.7 Å². The van der Waals surface area contributed by atoms with E-state index in [2.05, 4.69) is 10.4 Å². The summed E-state index contributed by atoms with van der Waals surface area (Å²) in [6.45, 7) is 4.08. The van der Waals surface area contributed by atoms with Gasteiger partial charge >= 0.3 is 0 Å². The van der Waals surface area contributed by atoms with Gasteiger partial charge in [-0.25, -0.2) is 0 Å². The van der Waals surface area contributed by atoms with Gasteiger partial charge in [0.1, 0.15) is 0 Å². The summed E-state index contributed by atoms with van der Waals surface area (Å²) in [5, 5.41) is 6.89. The van der Waals surface area contributed by atoms with Crippen LogP contribution in [0.5, 0.6) is 0 Å². The van der Waals surface area contributed by atoms with Crippen molar-refractivity contribution in [2.75, 3.05) is 4.31 Å². The summed E-state index contributed by atoms with van der Waals surface area (Å²) in [5.74, 6) is -0.286. The highest BCUT2D eigenvalue weighted by Gasteiger charge is 2.16. The SMILES string of the molecule is Cc1ccc(N(c2cc(C(=O)NCc3cnn(C)c3)ccc2C)S(=O)[O-])cc1. The summed E-state index contributed by atoms with van der Waals surface area (Å²) < 4.78 is 26.7. The first-order valence-corrected chi connectivity index (χ1v) is 9.71. The third-order valence-electron chi connectivity index (χ3n) is 4.32. The molecule has 1 unspecified atom stereocenters. The van der Waals surface area contributed by atoms with Gasteiger partial charge in [-0.15, -0.1) is 0 Å². The molecule has 28 heavy (non-hydrogen) atoms. The lowest BCUT2D eigenvalue weighted by atomic mass is 10.1. The fraction of sp³-hybridized carbons (Fsp3) is 0.200. The van der Waals surface area contributed by atoms with Crippen LogP contribution in [0, 0.1) is 13.8 Å². The molecule has 0 aliphatic carbocycles. The summed E-state index contributed by atoms with van der Waals surface area (Å²) in [5.41, 5.74) is 3.98. The number of benzene rings is 2. The quantitative estimate of drug-likeness (QED) is 0.648. The van der Waals surface area contributed by atoms with Crippen LogP contribution >= 0.6 is 0 Å². The number of rotatable bonds is 6. The third-order valence-corrected chi connectivity index (χ3v) is 5.02. The lowest BCUT2D eigenvalue weighted by Crippen LogP contribution is -2.24. The Bertz CT molecular complexity index is 1010. The molecule has 7 nitrogen and oxygen atoms in total. The van der Waals surface area contributed by atoms with Gasteiger partial charge in [0.15, 0.2) is 0 Å². The van der Waals surface area contributed by atoms with Crippen molar-refractivity contribution in [3.05, 3.63) is 77.1 Å². The van der Waals surface area contributed by atoms with E-state index < -0.39 is 11.3 Å². The number of aryl methyl sites for hydroxylation is 3. The van der Waals surface area contributed by atoms with Crippen LogP contribution in [-0.4, -0.2) is 24.4 Å². The van der Waals surface area contributed by atoms with Crippen LogP contribution in [0.15, 0.2) is 54.9 Å². The highest BCUT2D eigenvalue weighted by atomic mass is 32.2. The largest absolute Gasteiger partial charge is 0.755 e. The average molecular weight is 397 g/mol. The highest BCUT2D eigenvalue weighted by Crippen LogP contribution is 2.30. The Balaban J connectivity index is 1.87. The molecule has 0 radical (unpaired) electrons.